The van der Waals surface area contributed by atoms with Crippen molar-refractivity contribution in [2.24, 2.45) is 5.73 Å². The molecule has 0 aliphatic heterocycles. The lowest BCUT2D eigenvalue weighted by atomic mass is 10.1. The molecule has 1 aromatic heterocycles. The van der Waals surface area contributed by atoms with Gasteiger partial charge in [-0.2, -0.15) is 0 Å². The average molecular weight is 258 g/mol. The molecule has 0 saturated heterocycles. The summed E-state index contributed by atoms with van der Waals surface area (Å²) in [5.41, 5.74) is 8.57. The molecular weight excluding hydrogens is 244 g/mol. The molecule has 3 nitrogen and oxygen atoms in total. The second kappa shape index (κ2) is 5.60. The van der Waals surface area contributed by atoms with Gasteiger partial charge in [0, 0.05) is 23.9 Å². The number of nitrogens with two attached hydrogens (primary N) is 1. The standard InChI is InChI=1S/C14H14N2OS/c1-17-13-4-2-10(3-5-13)8-12-9-11(14(15)18)6-7-16-12/h2-7,9H,8H2,1H3,(H2,15,18). The summed E-state index contributed by atoms with van der Waals surface area (Å²) in [6.07, 6.45) is 2.48. The Morgan fingerprint density at radius 2 is 2.00 bits per heavy atom. The third-order valence-electron chi connectivity index (χ3n) is 2.65. The summed E-state index contributed by atoms with van der Waals surface area (Å²) in [6.45, 7) is 0. The lowest BCUT2D eigenvalue weighted by Gasteiger charge is -2.05. The van der Waals surface area contributed by atoms with E-state index in [0.29, 0.717) is 4.99 Å². The van der Waals surface area contributed by atoms with Crippen molar-refractivity contribution < 1.29 is 4.74 Å². The van der Waals surface area contributed by atoms with E-state index in [-0.39, 0.29) is 0 Å². The molecule has 0 radical (unpaired) electrons. The topological polar surface area (TPSA) is 48.1 Å². The van der Waals surface area contributed by atoms with Crippen molar-refractivity contribution in [3.8, 4) is 5.75 Å². The van der Waals surface area contributed by atoms with Crippen molar-refractivity contribution in [1.82, 2.24) is 4.98 Å². The zero-order chi connectivity index (χ0) is 13.0. The van der Waals surface area contributed by atoms with Crippen LogP contribution in [0.4, 0.5) is 0 Å². The molecule has 0 fully saturated rings. The zero-order valence-electron chi connectivity index (χ0n) is 10.1. The molecule has 0 bridgehead atoms. The molecule has 92 valence electrons. The molecule has 2 aromatic rings. The van der Waals surface area contributed by atoms with Crippen molar-refractivity contribution in [2.75, 3.05) is 7.11 Å². The van der Waals surface area contributed by atoms with Gasteiger partial charge in [0.05, 0.1) is 7.11 Å². The highest BCUT2D eigenvalue weighted by molar-refractivity contribution is 7.80. The molecule has 18 heavy (non-hydrogen) atoms. The zero-order valence-corrected chi connectivity index (χ0v) is 10.9. The van der Waals surface area contributed by atoms with Crippen LogP contribution in [-0.2, 0) is 6.42 Å². The first-order valence-electron chi connectivity index (χ1n) is 5.56. The van der Waals surface area contributed by atoms with Gasteiger partial charge in [0.1, 0.15) is 10.7 Å². The fourth-order valence-electron chi connectivity index (χ4n) is 1.68. The average Bonchev–Trinajstić information content (AvgIpc) is 2.40. The third-order valence-corrected chi connectivity index (χ3v) is 2.88. The summed E-state index contributed by atoms with van der Waals surface area (Å²) in [7, 11) is 1.65. The maximum Gasteiger partial charge on any atom is 0.118 e. The number of methoxy groups -OCH3 is 1. The fraction of sp³-hybridized carbons (Fsp3) is 0.143. The Hall–Kier alpha value is -1.94. The number of pyridine rings is 1. The molecule has 0 amide bonds. The van der Waals surface area contributed by atoms with Crippen molar-refractivity contribution in [3.63, 3.8) is 0 Å². The number of ether oxygens (including phenoxy) is 1. The quantitative estimate of drug-likeness (QED) is 0.855. The second-order valence-electron chi connectivity index (χ2n) is 3.92. The Kier molecular flexibility index (Phi) is 3.89. The molecule has 1 heterocycles. The minimum Gasteiger partial charge on any atom is -0.497 e. The summed E-state index contributed by atoms with van der Waals surface area (Å²) in [6, 6.07) is 11.7. The van der Waals surface area contributed by atoms with Gasteiger partial charge in [0.2, 0.25) is 0 Å². The van der Waals surface area contributed by atoms with Crippen LogP contribution in [-0.4, -0.2) is 17.1 Å². The number of benzene rings is 1. The van der Waals surface area contributed by atoms with Crippen molar-refractivity contribution >= 4 is 17.2 Å². The van der Waals surface area contributed by atoms with Gasteiger partial charge >= 0.3 is 0 Å². The molecule has 4 heteroatoms. The minimum atomic E-state index is 0.397. The van der Waals surface area contributed by atoms with E-state index in [1.165, 1.54) is 5.56 Å². The summed E-state index contributed by atoms with van der Waals surface area (Å²) >= 11 is 4.95. The highest BCUT2D eigenvalue weighted by Gasteiger charge is 2.01. The molecule has 2 N–H and O–H groups in total. The SMILES string of the molecule is COc1ccc(Cc2cc(C(N)=S)ccn2)cc1. The molecule has 1 aromatic carbocycles. The number of nitrogens with zero attached hydrogens (tertiary/aromatic N) is 1. The largest absolute Gasteiger partial charge is 0.497 e. The van der Waals surface area contributed by atoms with Gasteiger partial charge < -0.3 is 10.5 Å². The smallest absolute Gasteiger partial charge is 0.118 e. The first kappa shape index (κ1) is 12.5. The van der Waals surface area contributed by atoms with Gasteiger partial charge in [-0.05, 0) is 29.8 Å². The van der Waals surface area contributed by atoms with Crippen molar-refractivity contribution in [1.29, 1.82) is 0 Å². The van der Waals surface area contributed by atoms with Gasteiger partial charge in [-0.25, -0.2) is 0 Å². The highest BCUT2D eigenvalue weighted by atomic mass is 32.1. The number of hydrogen-bond donors (Lipinski definition) is 1. The van der Waals surface area contributed by atoms with Gasteiger partial charge in [-0.3, -0.25) is 4.98 Å². The van der Waals surface area contributed by atoms with Gasteiger partial charge in [0.15, 0.2) is 0 Å². The predicted octanol–water partition coefficient (Wildman–Crippen LogP) is 2.32. The van der Waals surface area contributed by atoms with Crippen LogP contribution in [0.5, 0.6) is 5.75 Å². The Morgan fingerprint density at radius 3 is 2.61 bits per heavy atom. The van der Waals surface area contributed by atoms with Crippen LogP contribution in [0.1, 0.15) is 16.8 Å². The van der Waals surface area contributed by atoms with Gasteiger partial charge in [-0.1, -0.05) is 24.4 Å². The van der Waals surface area contributed by atoms with E-state index in [1.54, 1.807) is 13.3 Å². The molecule has 0 saturated carbocycles. The maximum atomic E-state index is 5.60. The molecule has 0 aliphatic carbocycles. The van der Waals surface area contributed by atoms with Crippen LogP contribution in [0.3, 0.4) is 0 Å². The van der Waals surface area contributed by atoms with Crippen LogP contribution in [0.15, 0.2) is 42.6 Å². The summed E-state index contributed by atoms with van der Waals surface area (Å²) in [5.74, 6) is 0.851. The number of hydrogen-bond acceptors (Lipinski definition) is 3. The highest BCUT2D eigenvalue weighted by Crippen LogP contribution is 2.14. The van der Waals surface area contributed by atoms with Crippen LogP contribution < -0.4 is 10.5 Å². The minimum absolute atomic E-state index is 0.397. The van der Waals surface area contributed by atoms with E-state index >= 15 is 0 Å². The second-order valence-corrected chi connectivity index (χ2v) is 4.36. The van der Waals surface area contributed by atoms with E-state index in [1.807, 2.05) is 36.4 Å². The lowest BCUT2D eigenvalue weighted by molar-refractivity contribution is 0.414. The predicted molar refractivity (Wildman–Crippen MR) is 75.9 cm³/mol. The van der Waals surface area contributed by atoms with E-state index in [4.69, 9.17) is 22.7 Å². The monoisotopic (exact) mass is 258 g/mol. The number of rotatable bonds is 4. The van der Waals surface area contributed by atoms with Crippen molar-refractivity contribution in [3.05, 3.63) is 59.4 Å². The molecule has 2 rings (SSSR count). The van der Waals surface area contributed by atoms with Crippen LogP contribution in [0, 0.1) is 0 Å². The van der Waals surface area contributed by atoms with Crippen molar-refractivity contribution in [2.45, 2.75) is 6.42 Å². The summed E-state index contributed by atoms with van der Waals surface area (Å²) in [4.78, 5) is 4.71. The third kappa shape index (κ3) is 3.05. The fourth-order valence-corrected chi connectivity index (χ4v) is 1.81. The van der Waals surface area contributed by atoms with E-state index in [9.17, 15) is 0 Å². The molecule has 0 spiro atoms. The molecule has 0 unspecified atom stereocenters. The lowest BCUT2D eigenvalue weighted by Crippen LogP contribution is -2.10. The molecular formula is C14H14N2OS. The molecule has 0 atom stereocenters. The van der Waals surface area contributed by atoms with Crippen LogP contribution >= 0.6 is 12.2 Å². The normalized spacial score (nSPS) is 10.1. The van der Waals surface area contributed by atoms with E-state index < -0.39 is 0 Å². The Bertz CT molecular complexity index is 552. The van der Waals surface area contributed by atoms with Gasteiger partial charge in [-0.15, -0.1) is 0 Å². The number of aromatic nitrogens is 1. The summed E-state index contributed by atoms with van der Waals surface area (Å²) < 4.78 is 5.12. The first-order chi connectivity index (χ1) is 8.69. The van der Waals surface area contributed by atoms with E-state index in [0.717, 1.165) is 23.4 Å². The number of thiocarbonyl (C=S) groups is 1. The summed E-state index contributed by atoms with van der Waals surface area (Å²) in [5, 5.41) is 0. The maximum absolute atomic E-state index is 5.60. The Labute approximate surface area is 112 Å². The Morgan fingerprint density at radius 1 is 1.28 bits per heavy atom. The van der Waals surface area contributed by atoms with Crippen LogP contribution in [0.2, 0.25) is 0 Å². The first-order valence-corrected chi connectivity index (χ1v) is 5.97. The van der Waals surface area contributed by atoms with Gasteiger partial charge in [0.25, 0.3) is 0 Å². The van der Waals surface area contributed by atoms with E-state index in [2.05, 4.69) is 4.98 Å². The van der Waals surface area contributed by atoms with Crippen LogP contribution in [0.25, 0.3) is 0 Å². The molecule has 0 aliphatic rings. The Balaban J connectivity index is 2.17.